The molecule has 0 spiro atoms. The van der Waals surface area contributed by atoms with Crippen molar-refractivity contribution in [3.05, 3.63) is 96.1 Å². The maximum absolute atomic E-state index is 13.2. The fourth-order valence-electron chi connectivity index (χ4n) is 3.63. The number of esters is 1. The summed E-state index contributed by atoms with van der Waals surface area (Å²) in [6.07, 6.45) is 1.57. The van der Waals surface area contributed by atoms with E-state index in [9.17, 15) is 18.0 Å². The van der Waals surface area contributed by atoms with Gasteiger partial charge in [-0.1, -0.05) is 54.6 Å². The zero-order chi connectivity index (χ0) is 25.3. The molecule has 0 aliphatic carbocycles. The maximum atomic E-state index is 13.2. The van der Waals surface area contributed by atoms with Crippen molar-refractivity contribution in [2.75, 3.05) is 17.5 Å². The van der Waals surface area contributed by atoms with Crippen LogP contribution in [0.2, 0.25) is 0 Å². The number of para-hydroxylation sites is 1. The summed E-state index contributed by atoms with van der Waals surface area (Å²) in [5.74, 6) is -1.18. The average molecular weight is 495 g/mol. The lowest BCUT2D eigenvalue weighted by Gasteiger charge is -2.23. The third-order valence-electron chi connectivity index (χ3n) is 5.44. The summed E-state index contributed by atoms with van der Waals surface area (Å²) in [5.41, 5.74) is 1.77. The van der Waals surface area contributed by atoms with Gasteiger partial charge in [0.15, 0.2) is 6.61 Å². The van der Waals surface area contributed by atoms with Crippen molar-refractivity contribution in [1.82, 2.24) is 5.32 Å². The van der Waals surface area contributed by atoms with Crippen LogP contribution in [0.3, 0.4) is 0 Å². The van der Waals surface area contributed by atoms with Gasteiger partial charge in [-0.25, -0.2) is 13.2 Å². The van der Waals surface area contributed by atoms with Crippen LogP contribution in [0.15, 0.2) is 89.8 Å². The van der Waals surface area contributed by atoms with E-state index in [-0.39, 0.29) is 23.0 Å². The normalized spacial score (nSPS) is 11.9. The predicted octanol–water partition coefficient (Wildman–Crippen LogP) is 4.20. The van der Waals surface area contributed by atoms with Crippen molar-refractivity contribution < 1.29 is 22.7 Å². The lowest BCUT2D eigenvalue weighted by atomic mass is 10.1. The minimum atomic E-state index is -3.89. The van der Waals surface area contributed by atoms with Gasteiger partial charge in [0.05, 0.1) is 16.1 Å². The number of ether oxygens (including phenoxy) is 1. The molecule has 0 heterocycles. The molecule has 0 saturated heterocycles. The van der Waals surface area contributed by atoms with Gasteiger partial charge in [0.1, 0.15) is 0 Å². The van der Waals surface area contributed by atoms with E-state index in [4.69, 9.17) is 4.74 Å². The Labute approximate surface area is 206 Å². The fraction of sp³-hybridized carbons (Fsp3) is 0.259. The number of amides is 1. The zero-order valence-corrected chi connectivity index (χ0v) is 20.7. The molecule has 8 heteroatoms. The molecule has 0 aliphatic heterocycles. The summed E-state index contributed by atoms with van der Waals surface area (Å²) in [5, 5.41) is 2.81. The Morgan fingerprint density at radius 1 is 0.943 bits per heavy atom. The molecule has 1 N–H and O–H groups in total. The number of carbonyl (C=O) groups excluding carboxylic acids is 2. The van der Waals surface area contributed by atoms with E-state index in [0.29, 0.717) is 5.69 Å². The first-order chi connectivity index (χ1) is 16.8. The first-order valence-electron chi connectivity index (χ1n) is 11.5. The summed E-state index contributed by atoms with van der Waals surface area (Å²) in [4.78, 5) is 24.7. The van der Waals surface area contributed by atoms with Crippen LogP contribution >= 0.6 is 0 Å². The van der Waals surface area contributed by atoms with Crippen molar-refractivity contribution in [2.24, 2.45) is 0 Å². The molecular formula is C27H30N2O5S. The second kappa shape index (κ2) is 12.2. The number of carbonyl (C=O) groups is 2. The van der Waals surface area contributed by atoms with Crippen molar-refractivity contribution in [3.8, 4) is 0 Å². The summed E-state index contributed by atoms with van der Waals surface area (Å²) < 4.78 is 32.8. The molecule has 0 radical (unpaired) electrons. The Morgan fingerprint density at radius 3 is 2.26 bits per heavy atom. The predicted molar refractivity (Wildman–Crippen MR) is 136 cm³/mol. The SMILES string of the molecule is CCN(c1ccccc1)S(=O)(=O)c1cccc(C(=O)OCC(=O)NC(C)CCc2ccccc2)c1. The van der Waals surface area contributed by atoms with Gasteiger partial charge in [-0.15, -0.1) is 0 Å². The number of benzene rings is 3. The van der Waals surface area contributed by atoms with E-state index in [0.717, 1.165) is 12.8 Å². The highest BCUT2D eigenvalue weighted by Gasteiger charge is 2.24. The Balaban J connectivity index is 1.58. The quantitative estimate of drug-likeness (QED) is 0.404. The molecule has 0 aliphatic rings. The average Bonchev–Trinajstić information content (AvgIpc) is 2.87. The minimum Gasteiger partial charge on any atom is -0.452 e. The van der Waals surface area contributed by atoms with Crippen LogP contribution in [0.5, 0.6) is 0 Å². The van der Waals surface area contributed by atoms with E-state index in [1.165, 1.54) is 34.1 Å². The first kappa shape index (κ1) is 26.0. The lowest BCUT2D eigenvalue weighted by molar-refractivity contribution is -0.124. The molecule has 3 rings (SSSR count). The smallest absolute Gasteiger partial charge is 0.338 e. The molecule has 1 atom stereocenters. The summed E-state index contributed by atoms with van der Waals surface area (Å²) >= 11 is 0. The van der Waals surface area contributed by atoms with Crippen LogP contribution in [0, 0.1) is 0 Å². The molecule has 184 valence electrons. The van der Waals surface area contributed by atoms with Crippen LogP contribution in [-0.4, -0.2) is 39.5 Å². The Morgan fingerprint density at radius 2 is 1.60 bits per heavy atom. The lowest BCUT2D eigenvalue weighted by Crippen LogP contribution is -2.36. The molecule has 7 nitrogen and oxygen atoms in total. The highest BCUT2D eigenvalue weighted by Crippen LogP contribution is 2.24. The number of nitrogens with zero attached hydrogens (tertiary/aromatic N) is 1. The molecule has 1 unspecified atom stereocenters. The second-order valence-corrected chi connectivity index (χ2v) is 9.96. The van der Waals surface area contributed by atoms with Crippen molar-refractivity contribution >= 4 is 27.6 Å². The highest BCUT2D eigenvalue weighted by molar-refractivity contribution is 7.92. The number of hydrogen-bond donors (Lipinski definition) is 1. The number of aryl methyl sites for hydroxylation is 1. The molecule has 0 aromatic heterocycles. The number of hydrogen-bond acceptors (Lipinski definition) is 5. The van der Waals surface area contributed by atoms with Gasteiger partial charge in [-0.3, -0.25) is 9.10 Å². The Kier molecular flexibility index (Phi) is 9.03. The van der Waals surface area contributed by atoms with Crippen LogP contribution in [0.25, 0.3) is 0 Å². The monoisotopic (exact) mass is 494 g/mol. The van der Waals surface area contributed by atoms with Gasteiger partial charge >= 0.3 is 5.97 Å². The Bertz CT molecular complexity index is 1230. The summed E-state index contributed by atoms with van der Waals surface area (Å²) in [6, 6.07) is 24.2. The topological polar surface area (TPSA) is 92.8 Å². The third kappa shape index (κ3) is 7.16. The molecule has 1 amide bonds. The van der Waals surface area contributed by atoms with E-state index in [1.54, 1.807) is 37.3 Å². The fourth-order valence-corrected chi connectivity index (χ4v) is 5.15. The van der Waals surface area contributed by atoms with Crippen LogP contribution in [0.1, 0.15) is 36.2 Å². The van der Waals surface area contributed by atoms with Gasteiger partial charge in [0.25, 0.3) is 15.9 Å². The van der Waals surface area contributed by atoms with E-state index < -0.39 is 28.5 Å². The molecule has 0 bridgehead atoms. The summed E-state index contributed by atoms with van der Waals surface area (Å²) in [6.45, 7) is 3.41. The van der Waals surface area contributed by atoms with Crippen molar-refractivity contribution in [1.29, 1.82) is 0 Å². The molecule has 0 fully saturated rings. The standard InChI is InChI=1S/C27H30N2O5S/c1-3-29(24-14-8-5-9-15-24)35(32,33)25-16-10-13-23(19-25)27(31)34-20-26(30)28-21(2)17-18-22-11-6-4-7-12-22/h4-16,19,21H,3,17-18,20H2,1-2H3,(H,28,30). The number of rotatable bonds is 11. The molecular weight excluding hydrogens is 464 g/mol. The van der Waals surface area contributed by atoms with Gasteiger partial charge < -0.3 is 10.1 Å². The second-order valence-electron chi connectivity index (χ2n) is 8.10. The zero-order valence-electron chi connectivity index (χ0n) is 19.9. The van der Waals surface area contributed by atoms with E-state index in [1.807, 2.05) is 37.3 Å². The van der Waals surface area contributed by atoms with Gasteiger partial charge in [0, 0.05) is 12.6 Å². The van der Waals surface area contributed by atoms with Crippen LogP contribution in [0.4, 0.5) is 5.69 Å². The summed E-state index contributed by atoms with van der Waals surface area (Å²) in [7, 11) is -3.89. The van der Waals surface area contributed by atoms with Crippen molar-refractivity contribution in [3.63, 3.8) is 0 Å². The number of anilines is 1. The van der Waals surface area contributed by atoms with E-state index in [2.05, 4.69) is 5.32 Å². The van der Waals surface area contributed by atoms with E-state index >= 15 is 0 Å². The minimum absolute atomic E-state index is 0.0309. The van der Waals surface area contributed by atoms with Gasteiger partial charge in [-0.05, 0) is 62.6 Å². The Hall–Kier alpha value is -3.65. The van der Waals surface area contributed by atoms with Crippen LogP contribution in [-0.2, 0) is 26.0 Å². The van der Waals surface area contributed by atoms with Crippen LogP contribution < -0.4 is 9.62 Å². The number of sulfonamides is 1. The molecule has 3 aromatic carbocycles. The molecule has 35 heavy (non-hydrogen) atoms. The molecule has 0 saturated carbocycles. The highest BCUT2D eigenvalue weighted by atomic mass is 32.2. The van der Waals surface area contributed by atoms with Gasteiger partial charge in [-0.2, -0.15) is 0 Å². The van der Waals surface area contributed by atoms with Gasteiger partial charge in [0.2, 0.25) is 0 Å². The molecule has 3 aromatic rings. The number of nitrogens with one attached hydrogen (secondary N) is 1. The largest absolute Gasteiger partial charge is 0.452 e. The third-order valence-corrected chi connectivity index (χ3v) is 7.34. The van der Waals surface area contributed by atoms with Crippen molar-refractivity contribution in [2.45, 2.75) is 37.6 Å². The maximum Gasteiger partial charge on any atom is 0.338 e. The first-order valence-corrected chi connectivity index (χ1v) is 12.9.